The summed E-state index contributed by atoms with van der Waals surface area (Å²) in [7, 11) is -2.08. The molecular formula is C9H10O4P+. The molecule has 4 nitrogen and oxygen atoms in total. The predicted octanol–water partition coefficient (Wildman–Crippen LogP) is 0.585. The van der Waals surface area contributed by atoms with Crippen LogP contribution in [0.5, 0.6) is 0 Å². The van der Waals surface area contributed by atoms with E-state index in [9.17, 15) is 9.36 Å². The molecule has 0 amide bonds. The normalized spacial score (nSPS) is 13.4. The van der Waals surface area contributed by atoms with Crippen LogP contribution in [0.15, 0.2) is 30.3 Å². The molecule has 2 atom stereocenters. The van der Waals surface area contributed by atoms with Crippen molar-refractivity contribution in [3.8, 4) is 0 Å². The molecule has 2 N–H and O–H groups in total. The van der Waals surface area contributed by atoms with E-state index in [1.807, 2.05) is 0 Å². The molecule has 0 bridgehead atoms. The number of carboxylic acids is 1. The number of benzene rings is 1. The van der Waals surface area contributed by atoms with Crippen molar-refractivity contribution in [3.05, 3.63) is 30.3 Å². The quantitative estimate of drug-likeness (QED) is 0.717. The molecule has 0 aliphatic heterocycles. The molecule has 1 aromatic carbocycles. The van der Waals surface area contributed by atoms with E-state index in [2.05, 4.69) is 0 Å². The number of carbonyl (C=O) groups is 1. The molecule has 1 unspecified atom stereocenters. The van der Waals surface area contributed by atoms with Gasteiger partial charge in [-0.2, -0.15) is 0 Å². The summed E-state index contributed by atoms with van der Waals surface area (Å²) in [5, 5.41) is 17.9. The van der Waals surface area contributed by atoms with Gasteiger partial charge in [0.1, 0.15) is 6.61 Å². The maximum absolute atomic E-state index is 11.6. The molecule has 0 spiro atoms. The molecule has 14 heavy (non-hydrogen) atoms. The van der Waals surface area contributed by atoms with Crippen molar-refractivity contribution >= 4 is 19.1 Å². The Morgan fingerprint density at radius 1 is 1.36 bits per heavy atom. The zero-order valence-corrected chi connectivity index (χ0v) is 8.22. The monoisotopic (exact) mass is 213 g/mol. The molecule has 1 rings (SSSR count). The minimum absolute atomic E-state index is 0.448. The van der Waals surface area contributed by atoms with Crippen LogP contribution in [-0.4, -0.2) is 28.4 Å². The van der Waals surface area contributed by atoms with E-state index in [1.165, 1.54) is 0 Å². The Morgan fingerprint density at radius 2 is 1.93 bits per heavy atom. The second-order valence-corrected chi connectivity index (χ2v) is 4.49. The van der Waals surface area contributed by atoms with Gasteiger partial charge in [0.25, 0.3) is 5.66 Å². The Bertz CT molecular complexity index is 336. The Balaban J connectivity index is 2.89. The van der Waals surface area contributed by atoms with Crippen molar-refractivity contribution in [2.45, 2.75) is 5.66 Å². The van der Waals surface area contributed by atoms with Gasteiger partial charge in [-0.3, -0.25) is 0 Å². The van der Waals surface area contributed by atoms with E-state index < -0.39 is 26.0 Å². The molecule has 74 valence electrons. The standard InChI is InChI=1S/C9H9O4P/c10-6-8(9(11)12)14(13)7-4-2-1-3-5-7/h1-5,8,10H,6H2/p+1/t8-/m0/s1. The summed E-state index contributed by atoms with van der Waals surface area (Å²) >= 11 is 0. The van der Waals surface area contributed by atoms with Gasteiger partial charge in [0.2, 0.25) is 0 Å². The lowest BCUT2D eigenvalue weighted by atomic mass is 10.4. The molecular weight excluding hydrogens is 203 g/mol. The number of aliphatic hydroxyl groups excluding tert-OH is 1. The smallest absolute Gasteiger partial charge is 0.394 e. The second kappa shape index (κ2) is 4.84. The zero-order valence-electron chi connectivity index (χ0n) is 7.33. The van der Waals surface area contributed by atoms with Crippen LogP contribution in [0.2, 0.25) is 0 Å². The maximum Gasteiger partial charge on any atom is 0.394 e. The SMILES string of the molecule is O=C(O)[C@H](CO)[P+](=O)c1ccccc1. The van der Waals surface area contributed by atoms with Crippen molar-refractivity contribution in [2.75, 3.05) is 6.61 Å². The highest BCUT2D eigenvalue weighted by Gasteiger charge is 2.38. The summed E-state index contributed by atoms with van der Waals surface area (Å²) < 4.78 is 11.6. The third-order valence-corrected chi connectivity index (χ3v) is 3.51. The lowest BCUT2D eigenvalue weighted by molar-refractivity contribution is -0.137. The summed E-state index contributed by atoms with van der Waals surface area (Å²) in [4.78, 5) is 10.6. The first kappa shape index (κ1) is 10.8. The Labute approximate surface area is 82.0 Å². The number of carboxylic acid groups (broad SMARTS) is 1. The first-order valence-corrected chi connectivity index (χ1v) is 5.34. The highest BCUT2D eigenvalue weighted by molar-refractivity contribution is 7.55. The Morgan fingerprint density at radius 3 is 2.36 bits per heavy atom. The Kier molecular flexibility index (Phi) is 3.74. The first-order chi connectivity index (χ1) is 6.66. The van der Waals surface area contributed by atoms with Crippen molar-refractivity contribution in [1.82, 2.24) is 0 Å². The van der Waals surface area contributed by atoms with Crippen LogP contribution in [-0.2, 0) is 9.36 Å². The number of hydrogen-bond acceptors (Lipinski definition) is 3. The maximum atomic E-state index is 11.6. The van der Waals surface area contributed by atoms with E-state index in [0.717, 1.165) is 0 Å². The van der Waals surface area contributed by atoms with Gasteiger partial charge in [-0.25, -0.2) is 4.79 Å². The van der Waals surface area contributed by atoms with Gasteiger partial charge in [0.05, 0.1) is 0 Å². The lowest BCUT2D eigenvalue weighted by Gasteiger charge is -1.96. The third kappa shape index (κ3) is 2.37. The van der Waals surface area contributed by atoms with Gasteiger partial charge in [-0.1, -0.05) is 22.8 Å². The van der Waals surface area contributed by atoms with E-state index >= 15 is 0 Å². The van der Waals surface area contributed by atoms with Crippen LogP contribution >= 0.6 is 7.80 Å². The number of aliphatic carboxylic acids is 1. The van der Waals surface area contributed by atoms with Crippen molar-refractivity contribution in [2.24, 2.45) is 0 Å². The highest BCUT2D eigenvalue weighted by atomic mass is 31.1. The summed E-state index contributed by atoms with van der Waals surface area (Å²) in [6.45, 7) is -0.612. The third-order valence-electron chi connectivity index (χ3n) is 1.75. The fourth-order valence-electron chi connectivity index (χ4n) is 1.01. The number of rotatable bonds is 4. The highest BCUT2D eigenvalue weighted by Crippen LogP contribution is 2.26. The predicted molar refractivity (Wildman–Crippen MR) is 52.2 cm³/mol. The number of aliphatic hydroxyl groups is 1. The average Bonchev–Trinajstić information content (AvgIpc) is 2.19. The first-order valence-electron chi connectivity index (χ1n) is 4.02. The van der Waals surface area contributed by atoms with Crippen molar-refractivity contribution < 1.29 is 19.6 Å². The molecule has 5 heteroatoms. The molecule has 0 aromatic heterocycles. The van der Waals surface area contributed by atoms with Crippen LogP contribution < -0.4 is 5.30 Å². The van der Waals surface area contributed by atoms with Gasteiger partial charge in [0.15, 0.2) is 5.30 Å². The molecule has 1 aromatic rings. The second-order valence-electron chi connectivity index (χ2n) is 2.70. The molecule has 0 radical (unpaired) electrons. The summed E-state index contributed by atoms with van der Waals surface area (Å²) in [5.74, 6) is -1.24. The zero-order chi connectivity index (χ0) is 10.6. The molecule has 0 saturated heterocycles. The van der Waals surface area contributed by atoms with E-state index in [4.69, 9.17) is 10.2 Å². The van der Waals surface area contributed by atoms with Crippen LogP contribution in [0.25, 0.3) is 0 Å². The summed E-state index contributed by atoms with van der Waals surface area (Å²) in [6, 6.07) is 8.29. The van der Waals surface area contributed by atoms with Gasteiger partial charge < -0.3 is 10.2 Å². The van der Waals surface area contributed by atoms with Gasteiger partial charge >= 0.3 is 13.8 Å². The number of hydrogen-bond donors (Lipinski definition) is 2. The molecule has 0 aliphatic carbocycles. The van der Waals surface area contributed by atoms with Gasteiger partial charge in [0, 0.05) is 0 Å². The lowest BCUT2D eigenvalue weighted by Crippen LogP contribution is -2.23. The topological polar surface area (TPSA) is 74.6 Å². The van der Waals surface area contributed by atoms with Crippen LogP contribution in [0.1, 0.15) is 0 Å². The van der Waals surface area contributed by atoms with Crippen molar-refractivity contribution in [3.63, 3.8) is 0 Å². The average molecular weight is 213 g/mol. The minimum atomic E-state index is -2.08. The van der Waals surface area contributed by atoms with Crippen LogP contribution in [0, 0.1) is 0 Å². The van der Waals surface area contributed by atoms with Crippen LogP contribution in [0.3, 0.4) is 0 Å². The van der Waals surface area contributed by atoms with Crippen molar-refractivity contribution in [1.29, 1.82) is 0 Å². The molecule has 0 aliphatic rings. The Hall–Kier alpha value is -1.25. The summed E-state index contributed by atoms with van der Waals surface area (Å²) in [6.07, 6.45) is 0. The van der Waals surface area contributed by atoms with E-state index in [0.29, 0.717) is 5.30 Å². The largest absolute Gasteiger partial charge is 0.478 e. The van der Waals surface area contributed by atoms with Gasteiger partial charge in [-0.05, 0) is 12.1 Å². The van der Waals surface area contributed by atoms with Crippen LogP contribution in [0.4, 0.5) is 0 Å². The fraction of sp³-hybridized carbons (Fsp3) is 0.222. The van der Waals surface area contributed by atoms with Gasteiger partial charge in [-0.15, -0.1) is 0 Å². The minimum Gasteiger partial charge on any atom is -0.478 e. The molecule has 0 fully saturated rings. The molecule has 0 saturated carbocycles. The van der Waals surface area contributed by atoms with E-state index in [1.54, 1.807) is 30.3 Å². The molecule has 0 heterocycles. The van der Waals surface area contributed by atoms with E-state index in [-0.39, 0.29) is 0 Å². The fourth-order valence-corrected chi connectivity index (χ4v) is 2.18. The summed E-state index contributed by atoms with van der Waals surface area (Å²) in [5.41, 5.74) is -1.22.